The fourth-order valence-electron chi connectivity index (χ4n) is 2.37. The summed E-state index contributed by atoms with van der Waals surface area (Å²) in [7, 11) is 0. The molecular weight excluding hydrogens is 290 g/mol. The van der Waals surface area contributed by atoms with Crippen LogP contribution in [0.1, 0.15) is 24.3 Å². The first-order valence-corrected chi connectivity index (χ1v) is 7.64. The molecule has 3 rings (SSSR count). The minimum Gasteiger partial charge on any atom is -0.346 e. The molecule has 118 valence electrons. The highest BCUT2D eigenvalue weighted by molar-refractivity contribution is 5.95. The number of nitrogens with one attached hydrogen (secondary N) is 1. The van der Waals surface area contributed by atoms with Crippen LogP contribution in [0.5, 0.6) is 0 Å². The fourth-order valence-corrected chi connectivity index (χ4v) is 2.37. The van der Waals surface area contributed by atoms with E-state index in [1.807, 2.05) is 30.3 Å². The maximum atomic E-state index is 12.5. The van der Waals surface area contributed by atoms with E-state index >= 15 is 0 Å². The van der Waals surface area contributed by atoms with Crippen molar-refractivity contribution in [1.29, 1.82) is 0 Å². The van der Waals surface area contributed by atoms with Crippen molar-refractivity contribution in [1.82, 2.24) is 25.3 Å². The number of carbonyl (C=O) groups is 1. The van der Waals surface area contributed by atoms with Crippen LogP contribution in [0.2, 0.25) is 0 Å². The van der Waals surface area contributed by atoms with Crippen molar-refractivity contribution in [3.63, 3.8) is 0 Å². The van der Waals surface area contributed by atoms with Gasteiger partial charge in [0.1, 0.15) is 5.69 Å². The number of para-hydroxylation sites is 1. The lowest BCUT2D eigenvalue weighted by molar-refractivity contribution is 0.0913. The first-order chi connectivity index (χ1) is 11.1. The third-order valence-corrected chi connectivity index (χ3v) is 3.78. The van der Waals surface area contributed by atoms with E-state index in [1.54, 1.807) is 23.3 Å². The standard InChI is InChI=1S/C17H19N5O/c1-12(2)16(11-22-18-9-10-19-22)21-17(23)15-8-7-13-5-3-4-6-14(13)20-15/h3-10,12,16H,11H2,1-2H3,(H,21,23). The highest BCUT2D eigenvalue weighted by Gasteiger charge is 2.19. The van der Waals surface area contributed by atoms with Crippen LogP contribution in [0.15, 0.2) is 48.8 Å². The predicted octanol–water partition coefficient (Wildman–Crippen LogP) is 2.28. The van der Waals surface area contributed by atoms with E-state index in [9.17, 15) is 4.79 Å². The van der Waals surface area contributed by atoms with Gasteiger partial charge in [0.15, 0.2) is 0 Å². The summed E-state index contributed by atoms with van der Waals surface area (Å²) in [5.74, 6) is 0.0759. The van der Waals surface area contributed by atoms with Gasteiger partial charge in [0.25, 0.3) is 5.91 Å². The van der Waals surface area contributed by atoms with E-state index in [-0.39, 0.29) is 17.9 Å². The molecule has 6 nitrogen and oxygen atoms in total. The Kier molecular flexibility index (Phi) is 4.32. The zero-order chi connectivity index (χ0) is 16.2. The van der Waals surface area contributed by atoms with Crippen molar-refractivity contribution in [2.75, 3.05) is 0 Å². The number of aromatic nitrogens is 4. The molecule has 2 heterocycles. The molecule has 0 aliphatic carbocycles. The number of carbonyl (C=O) groups excluding carboxylic acids is 1. The Hall–Kier alpha value is -2.76. The summed E-state index contributed by atoms with van der Waals surface area (Å²) in [5, 5.41) is 12.2. The summed E-state index contributed by atoms with van der Waals surface area (Å²) in [6.45, 7) is 4.65. The lowest BCUT2D eigenvalue weighted by atomic mass is 10.0. The highest BCUT2D eigenvalue weighted by atomic mass is 16.1. The third-order valence-electron chi connectivity index (χ3n) is 3.78. The number of hydrogen-bond donors (Lipinski definition) is 1. The van der Waals surface area contributed by atoms with Crippen molar-refractivity contribution in [3.05, 3.63) is 54.5 Å². The molecule has 0 aliphatic rings. The minimum absolute atomic E-state index is 0.0665. The maximum absolute atomic E-state index is 12.5. The Balaban J connectivity index is 1.77. The van der Waals surface area contributed by atoms with Crippen LogP contribution in [0, 0.1) is 5.92 Å². The summed E-state index contributed by atoms with van der Waals surface area (Å²) >= 11 is 0. The molecule has 6 heteroatoms. The van der Waals surface area contributed by atoms with Crippen LogP contribution in [-0.4, -0.2) is 31.9 Å². The smallest absolute Gasteiger partial charge is 0.270 e. The number of hydrogen-bond acceptors (Lipinski definition) is 4. The average molecular weight is 309 g/mol. The lowest BCUT2D eigenvalue weighted by Crippen LogP contribution is -2.42. The third kappa shape index (κ3) is 3.53. The van der Waals surface area contributed by atoms with Gasteiger partial charge in [0, 0.05) is 5.39 Å². The van der Waals surface area contributed by atoms with Gasteiger partial charge in [-0.1, -0.05) is 38.1 Å². The van der Waals surface area contributed by atoms with E-state index in [0.717, 1.165) is 10.9 Å². The molecule has 0 saturated carbocycles. The monoisotopic (exact) mass is 309 g/mol. The molecule has 3 aromatic rings. The number of amides is 1. The van der Waals surface area contributed by atoms with Crippen molar-refractivity contribution >= 4 is 16.8 Å². The van der Waals surface area contributed by atoms with E-state index in [1.165, 1.54) is 0 Å². The van der Waals surface area contributed by atoms with Crippen LogP contribution < -0.4 is 5.32 Å². The second-order valence-electron chi connectivity index (χ2n) is 5.80. The van der Waals surface area contributed by atoms with E-state index in [2.05, 4.69) is 34.3 Å². The van der Waals surface area contributed by atoms with Crippen LogP contribution in [0.3, 0.4) is 0 Å². The molecule has 1 unspecified atom stereocenters. The Morgan fingerprint density at radius 3 is 2.61 bits per heavy atom. The summed E-state index contributed by atoms with van der Waals surface area (Å²) in [6.07, 6.45) is 3.26. The van der Waals surface area contributed by atoms with Crippen molar-refractivity contribution in [3.8, 4) is 0 Å². The maximum Gasteiger partial charge on any atom is 0.270 e. The molecular formula is C17H19N5O. The molecule has 2 aromatic heterocycles. The van der Waals surface area contributed by atoms with Gasteiger partial charge in [0.2, 0.25) is 0 Å². The van der Waals surface area contributed by atoms with Gasteiger partial charge in [-0.2, -0.15) is 15.0 Å². The number of fused-ring (bicyclic) bond motifs is 1. The molecule has 1 N–H and O–H groups in total. The molecule has 0 bridgehead atoms. The van der Waals surface area contributed by atoms with Gasteiger partial charge in [-0.15, -0.1) is 0 Å². The predicted molar refractivity (Wildman–Crippen MR) is 87.9 cm³/mol. The molecule has 1 atom stereocenters. The number of nitrogens with zero attached hydrogens (tertiary/aromatic N) is 4. The van der Waals surface area contributed by atoms with Crippen molar-refractivity contribution < 1.29 is 4.79 Å². The molecule has 0 fully saturated rings. The Labute approximate surface area is 134 Å². The zero-order valence-electron chi connectivity index (χ0n) is 13.2. The Morgan fingerprint density at radius 2 is 1.87 bits per heavy atom. The SMILES string of the molecule is CC(C)C(Cn1nccn1)NC(=O)c1ccc2ccccc2n1. The minimum atomic E-state index is -0.179. The topological polar surface area (TPSA) is 72.7 Å². The van der Waals surface area contributed by atoms with Gasteiger partial charge < -0.3 is 5.32 Å². The summed E-state index contributed by atoms with van der Waals surface area (Å²) < 4.78 is 0. The first kappa shape index (κ1) is 15.1. The number of benzene rings is 1. The summed E-state index contributed by atoms with van der Waals surface area (Å²) in [4.78, 5) is 18.5. The molecule has 1 amide bonds. The second-order valence-corrected chi connectivity index (χ2v) is 5.80. The van der Waals surface area contributed by atoms with E-state index in [4.69, 9.17) is 0 Å². The van der Waals surface area contributed by atoms with E-state index < -0.39 is 0 Å². The molecule has 0 spiro atoms. The van der Waals surface area contributed by atoms with Crippen LogP contribution >= 0.6 is 0 Å². The quantitative estimate of drug-likeness (QED) is 0.785. The van der Waals surface area contributed by atoms with Crippen LogP contribution in [-0.2, 0) is 6.54 Å². The Bertz CT molecular complexity index is 798. The van der Waals surface area contributed by atoms with Gasteiger partial charge in [0.05, 0.1) is 30.5 Å². The lowest BCUT2D eigenvalue weighted by Gasteiger charge is -2.21. The molecule has 0 saturated heterocycles. The first-order valence-electron chi connectivity index (χ1n) is 7.64. The molecule has 1 aromatic carbocycles. The number of pyridine rings is 1. The van der Waals surface area contributed by atoms with Crippen molar-refractivity contribution in [2.24, 2.45) is 5.92 Å². The van der Waals surface area contributed by atoms with E-state index in [0.29, 0.717) is 12.2 Å². The zero-order valence-corrected chi connectivity index (χ0v) is 13.2. The summed E-state index contributed by atoms with van der Waals surface area (Å²) in [6, 6.07) is 11.3. The second kappa shape index (κ2) is 6.56. The molecule has 0 radical (unpaired) electrons. The normalized spacial score (nSPS) is 12.5. The Morgan fingerprint density at radius 1 is 1.13 bits per heavy atom. The van der Waals surface area contributed by atoms with Crippen molar-refractivity contribution in [2.45, 2.75) is 26.4 Å². The molecule has 0 aliphatic heterocycles. The highest BCUT2D eigenvalue weighted by Crippen LogP contribution is 2.12. The van der Waals surface area contributed by atoms with Gasteiger partial charge >= 0.3 is 0 Å². The van der Waals surface area contributed by atoms with Crippen LogP contribution in [0.4, 0.5) is 0 Å². The van der Waals surface area contributed by atoms with Gasteiger partial charge in [-0.25, -0.2) is 4.98 Å². The summed E-state index contributed by atoms with van der Waals surface area (Å²) in [5.41, 5.74) is 1.23. The van der Waals surface area contributed by atoms with Gasteiger partial charge in [-0.3, -0.25) is 4.79 Å². The average Bonchev–Trinajstić information content (AvgIpc) is 3.06. The fraction of sp³-hybridized carbons (Fsp3) is 0.294. The largest absolute Gasteiger partial charge is 0.346 e. The molecule has 23 heavy (non-hydrogen) atoms. The van der Waals surface area contributed by atoms with Gasteiger partial charge in [-0.05, 0) is 18.1 Å². The number of rotatable bonds is 5. The van der Waals surface area contributed by atoms with Crippen LogP contribution in [0.25, 0.3) is 10.9 Å².